The molecule has 0 saturated carbocycles. The van der Waals surface area contributed by atoms with E-state index in [9.17, 15) is 0 Å². The van der Waals surface area contributed by atoms with Crippen molar-refractivity contribution in [2.75, 3.05) is 5.75 Å². The maximum Gasteiger partial charge on any atom is 0.0135 e. The summed E-state index contributed by atoms with van der Waals surface area (Å²) >= 11 is 1.93. The molecule has 0 aliphatic rings. The number of hydrogen-bond acceptors (Lipinski definition) is 1. The van der Waals surface area contributed by atoms with E-state index in [2.05, 4.69) is 26.5 Å². The van der Waals surface area contributed by atoms with Crippen LogP contribution in [0.25, 0.3) is 0 Å². The second kappa shape index (κ2) is 6.47. The summed E-state index contributed by atoms with van der Waals surface area (Å²) in [6.07, 6.45) is 2.74. The highest BCUT2D eigenvalue weighted by molar-refractivity contribution is 8.01. The number of thioether (sulfide) groups is 1. The molecule has 0 rings (SSSR count). The van der Waals surface area contributed by atoms with E-state index in [1.807, 2.05) is 11.8 Å². The number of rotatable bonds is 5. The van der Waals surface area contributed by atoms with Gasteiger partial charge >= 0.3 is 0 Å². The summed E-state index contributed by atoms with van der Waals surface area (Å²) in [4.78, 5) is 0. The summed E-state index contributed by atoms with van der Waals surface area (Å²) in [5, 5.41) is 0. The van der Waals surface area contributed by atoms with Gasteiger partial charge in [0.25, 0.3) is 0 Å². The second-order valence-electron chi connectivity index (χ2n) is 2.64. The molecular formula is C8H17S. The van der Waals surface area contributed by atoms with Crippen molar-refractivity contribution in [2.24, 2.45) is 5.92 Å². The molecule has 0 aliphatic carbocycles. The standard InChI is InChI=1S/C8H17S/c1-4-9-7-5-6-8(2)3/h4,8H,5-7H2,1-3H3. The van der Waals surface area contributed by atoms with Gasteiger partial charge in [-0.1, -0.05) is 27.2 Å². The van der Waals surface area contributed by atoms with E-state index in [1.54, 1.807) is 0 Å². The van der Waals surface area contributed by atoms with Crippen molar-refractivity contribution in [3.8, 4) is 0 Å². The highest BCUT2D eigenvalue weighted by Gasteiger charge is 1.92. The van der Waals surface area contributed by atoms with Crippen LogP contribution in [-0.4, -0.2) is 5.75 Å². The van der Waals surface area contributed by atoms with Crippen molar-refractivity contribution >= 4 is 11.8 Å². The van der Waals surface area contributed by atoms with Crippen molar-refractivity contribution in [3.63, 3.8) is 0 Å². The molecule has 55 valence electrons. The van der Waals surface area contributed by atoms with Crippen molar-refractivity contribution in [3.05, 3.63) is 5.75 Å². The second-order valence-corrected chi connectivity index (χ2v) is 3.86. The molecular weight excluding hydrogens is 128 g/mol. The smallest absolute Gasteiger partial charge is 0.0135 e. The van der Waals surface area contributed by atoms with Gasteiger partial charge in [-0.2, -0.15) is 11.8 Å². The van der Waals surface area contributed by atoms with E-state index < -0.39 is 0 Å². The molecule has 1 radical (unpaired) electrons. The summed E-state index contributed by atoms with van der Waals surface area (Å²) in [5.74, 6) is 4.34. The van der Waals surface area contributed by atoms with Crippen LogP contribution in [0.2, 0.25) is 0 Å². The first kappa shape index (κ1) is 9.35. The maximum absolute atomic E-state index is 2.28. The lowest BCUT2D eigenvalue weighted by Crippen LogP contribution is -1.87. The molecule has 0 bridgehead atoms. The Hall–Kier alpha value is 0.350. The van der Waals surface area contributed by atoms with Gasteiger partial charge in [0.05, 0.1) is 0 Å². The fourth-order valence-electron chi connectivity index (χ4n) is 0.693. The molecule has 1 heteroatoms. The molecule has 0 aromatic rings. The summed E-state index contributed by atoms with van der Waals surface area (Å²) in [5.41, 5.74) is 0. The minimum Gasteiger partial charge on any atom is -0.158 e. The van der Waals surface area contributed by atoms with Crippen LogP contribution >= 0.6 is 11.8 Å². The van der Waals surface area contributed by atoms with Gasteiger partial charge in [0.15, 0.2) is 0 Å². The highest BCUT2D eigenvalue weighted by atomic mass is 32.2. The van der Waals surface area contributed by atoms with E-state index in [1.165, 1.54) is 18.6 Å². The lowest BCUT2D eigenvalue weighted by Gasteiger charge is -2.01. The normalized spacial score (nSPS) is 10.7. The topological polar surface area (TPSA) is 0 Å². The maximum atomic E-state index is 2.28. The SMILES string of the molecule is C[CH]SCCCC(C)C. The molecule has 0 nitrogen and oxygen atoms in total. The van der Waals surface area contributed by atoms with Gasteiger partial charge in [0.2, 0.25) is 0 Å². The molecule has 0 atom stereocenters. The van der Waals surface area contributed by atoms with Crippen LogP contribution in [0.15, 0.2) is 0 Å². The Morgan fingerprint density at radius 2 is 2.11 bits per heavy atom. The zero-order valence-electron chi connectivity index (χ0n) is 6.68. The summed E-state index contributed by atoms with van der Waals surface area (Å²) in [7, 11) is 0. The Balaban J connectivity index is 2.75. The van der Waals surface area contributed by atoms with Crippen LogP contribution in [0, 0.1) is 11.7 Å². The first-order valence-corrected chi connectivity index (χ1v) is 4.71. The van der Waals surface area contributed by atoms with Gasteiger partial charge in [-0.25, -0.2) is 0 Å². The van der Waals surface area contributed by atoms with Gasteiger partial charge in [0.1, 0.15) is 0 Å². The number of hydrogen-bond donors (Lipinski definition) is 0. The Labute approximate surface area is 63.4 Å². The van der Waals surface area contributed by atoms with E-state index >= 15 is 0 Å². The van der Waals surface area contributed by atoms with Gasteiger partial charge < -0.3 is 0 Å². The average Bonchev–Trinajstić information content (AvgIpc) is 1.80. The molecule has 0 amide bonds. The molecule has 0 heterocycles. The molecule has 0 unspecified atom stereocenters. The lowest BCUT2D eigenvalue weighted by atomic mass is 10.1. The molecule has 0 fully saturated rings. The van der Waals surface area contributed by atoms with Crippen LogP contribution in [-0.2, 0) is 0 Å². The average molecular weight is 145 g/mol. The third-order valence-corrected chi connectivity index (χ3v) is 2.07. The van der Waals surface area contributed by atoms with Crippen LogP contribution in [0.5, 0.6) is 0 Å². The molecule has 0 spiro atoms. The zero-order valence-corrected chi connectivity index (χ0v) is 7.50. The van der Waals surface area contributed by atoms with Crippen LogP contribution < -0.4 is 0 Å². The van der Waals surface area contributed by atoms with Gasteiger partial charge in [0, 0.05) is 5.75 Å². The third-order valence-electron chi connectivity index (χ3n) is 1.21. The molecule has 0 saturated heterocycles. The Kier molecular flexibility index (Phi) is 6.72. The fourth-order valence-corrected chi connectivity index (χ4v) is 1.26. The molecule has 0 N–H and O–H groups in total. The van der Waals surface area contributed by atoms with Crippen LogP contribution in [0.3, 0.4) is 0 Å². The predicted octanol–water partition coefficient (Wildman–Crippen LogP) is 3.34. The molecule has 0 aromatic carbocycles. The first-order valence-electron chi connectivity index (χ1n) is 3.66. The summed E-state index contributed by atoms with van der Waals surface area (Å²) < 4.78 is 0. The third kappa shape index (κ3) is 8.35. The molecule has 0 aromatic heterocycles. The highest BCUT2D eigenvalue weighted by Crippen LogP contribution is 2.10. The van der Waals surface area contributed by atoms with Crippen LogP contribution in [0.4, 0.5) is 0 Å². The van der Waals surface area contributed by atoms with Gasteiger partial charge in [-0.15, -0.1) is 0 Å². The largest absolute Gasteiger partial charge is 0.158 e. The quantitative estimate of drug-likeness (QED) is 0.535. The summed E-state index contributed by atoms with van der Waals surface area (Å²) in [6, 6.07) is 0. The first-order chi connectivity index (χ1) is 4.27. The minimum atomic E-state index is 0.877. The lowest BCUT2D eigenvalue weighted by molar-refractivity contribution is 0.579. The summed E-state index contributed by atoms with van der Waals surface area (Å²) in [6.45, 7) is 6.65. The van der Waals surface area contributed by atoms with Crippen molar-refractivity contribution in [2.45, 2.75) is 33.6 Å². The van der Waals surface area contributed by atoms with Crippen molar-refractivity contribution in [1.82, 2.24) is 0 Å². The van der Waals surface area contributed by atoms with E-state index in [0.717, 1.165) is 5.92 Å². The van der Waals surface area contributed by atoms with E-state index in [4.69, 9.17) is 0 Å². The predicted molar refractivity (Wildman–Crippen MR) is 46.5 cm³/mol. The van der Waals surface area contributed by atoms with E-state index in [0.29, 0.717) is 0 Å². The molecule has 0 aliphatic heterocycles. The van der Waals surface area contributed by atoms with Gasteiger partial charge in [-0.3, -0.25) is 0 Å². The zero-order chi connectivity index (χ0) is 7.11. The minimum absolute atomic E-state index is 0.877. The Morgan fingerprint density at radius 3 is 2.56 bits per heavy atom. The Bertz CT molecular complexity index is 50.5. The van der Waals surface area contributed by atoms with E-state index in [-0.39, 0.29) is 0 Å². The fraction of sp³-hybridized carbons (Fsp3) is 0.875. The Morgan fingerprint density at radius 1 is 1.44 bits per heavy atom. The van der Waals surface area contributed by atoms with Gasteiger partial charge in [-0.05, 0) is 18.1 Å². The molecule has 9 heavy (non-hydrogen) atoms. The van der Waals surface area contributed by atoms with Crippen molar-refractivity contribution < 1.29 is 0 Å². The van der Waals surface area contributed by atoms with Crippen molar-refractivity contribution in [1.29, 1.82) is 0 Å². The monoisotopic (exact) mass is 145 g/mol. The van der Waals surface area contributed by atoms with Crippen LogP contribution in [0.1, 0.15) is 33.6 Å².